The number of nitrogens with zero attached hydrogens (tertiary/aromatic N) is 1. The largest absolute Gasteiger partial charge is 0.373 e. The minimum absolute atomic E-state index is 0.0181. The summed E-state index contributed by atoms with van der Waals surface area (Å²) in [6.45, 7) is 2.29. The molecule has 0 bridgehead atoms. The van der Waals surface area contributed by atoms with Gasteiger partial charge in [0.05, 0.1) is 21.2 Å². The number of hydrogen-bond acceptors (Lipinski definition) is 4. The third-order valence-electron chi connectivity index (χ3n) is 2.50. The zero-order valence-electron chi connectivity index (χ0n) is 8.69. The maximum absolute atomic E-state index is 12.1. The van der Waals surface area contributed by atoms with E-state index in [9.17, 15) is 4.79 Å². The highest BCUT2D eigenvalue weighted by molar-refractivity contribution is 14.1. The van der Waals surface area contributed by atoms with E-state index in [-0.39, 0.29) is 12.0 Å². The Hall–Kier alpha value is -0.180. The minimum atomic E-state index is -0.0181. The summed E-state index contributed by atoms with van der Waals surface area (Å²) < 4.78 is 6.56. The third-order valence-corrected chi connectivity index (χ3v) is 4.29. The van der Waals surface area contributed by atoms with Gasteiger partial charge in [0.2, 0.25) is 0 Å². The van der Waals surface area contributed by atoms with E-state index in [2.05, 4.69) is 22.6 Å². The van der Waals surface area contributed by atoms with Crippen LogP contribution in [0.3, 0.4) is 0 Å². The summed E-state index contributed by atoms with van der Waals surface area (Å²) in [5.41, 5.74) is 6.32. The average molecular weight is 352 g/mol. The molecule has 1 aromatic heterocycles. The molecule has 2 N–H and O–H groups in total. The van der Waals surface area contributed by atoms with Gasteiger partial charge in [-0.05, 0) is 28.7 Å². The van der Waals surface area contributed by atoms with Crippen molar-refractivity contribution in [1.29, 1.82) is 0 Å². The lowest BCUT2D eigenvalue weighted by molar-refractivity contribution is -0.0167. The van der Waals surface area contributed by atoms with Crippen molar-refractivity contribution in [3.8, 4) is 0 Å². The van der Waals surface area contributed by atoms with Gasteiger partial charge in [-0.25, -0.2) is 0 Å². The first-order chi connectivity index (χ1) is 7.70. The van der Waals surface area contributed by atoms with Crippen LogP contribution in [0.5, 0.6) is 0 Å². The van der Waals surface area contributed by atoms with Gasteiger partial charge in [0.25, 0.3) is 5.91 Å². The SMILES string of the molecule is NCC1CN(C(=O)c2csc(I)c2)CCO1. The van der Waals surface area contributed by atoms with Crippen molar-refractivity contribution in [1.82, 2.24) is 4.90 Å². The van der Waals surface area contributed by atoms with Crippen LogP contribution in [0.2, 0.25) is 0 Å². The molecule has 0 radical (unpaired) electrons. The summed E-state index contributed by atoms with van der Waals surface area (Å²) in [7, 11) is 0. The van der Waals surface area contributed by atoms with Gasteiger partial charge in [0.15, 0.2) is 0 Å². The number of carbonyl (C=O) groups excluding carboxylic acids is 1. The third kappa shape index (κ3) is 2.73. The zero-order valence-corrected chi connectivity index (χ0v) is 11.7. The first-order valence-electron chi connectivity index (χ1n) is 5.05. The summed E-state index contributed by atoms with van der Waals surface area (Å²) in [6.07, 6.45) is -0.0181. The number of ether oxygens (including phenoxy) is 1. The van der Waals surface area contributed by atoms with Gasteiger partial charge in [0, 0.05) is 25.0 Å². The smallest absolute Gasteiger partial charge is 0.254 e. The van der Waals surface area contributed by atoms with Crippen LogP contribution in [0.4, 0.5) is 0 Å². The number of amides is 1. The minimum Gasteiger partial charge on any atom is -0.373 e. The fraction of sp³-hybridized carbons (Fsp3) is 0.500. The number of hydrogen-bond donors (Lipinski definition) is 1. The molecular formula is C10H13IN2O2S. The maximum Gasteiger partial charge on any atom is 0.254 e. The number of carbonyl (C=O) groups is 1. The monoisotopic (exact) mass is 352 g/mol. The lowest BCUT2D eigenvalue weighted by Crippen LogP contribution is -2.48. The first kappa shape index (κ1) is 12.3. The van der Waals surface area contributed by atoms with Crippen molar-refractivity contribution < 1.29 is 9.53 Å². The van der Waals surface area contributed by atoms with E-state index in [4.69, 9.17) is 10.5 Å². The lowest BCUT2D eigenvalue weighted by Gasteiger charge is -2.32. The normalized spacial score (nSPS) is 21.1. The standard InChI is InChI=1S/C10H13IN2O2S/c11-9-3-7(6-16-9)10(14)13-1-2-15-8(4-12)5-13/h3,6,8H,1-2,4-5,12H2. The number of thiophene rings is 1. The zero-order chi connectivity index (χ0) is 11.5. The molecule has 6 heteroatoms. The molecule has 16 heavy (non-hydrogen) atoms. The molecule has 1 aromatic rings. The molecule has 1 saturated heterocycles. The van der Waals surface area contributed by atoms with E-state index >= 15 is 0 Å². The highest BCUT2D eigenvalue weighted by atomic mass is 127. The number of morpholine rings is 1. The Morgan fingerprint density at radius 2 is 2.56 bits per heavy atom. The summed E-state index contributed by atoms with van der Waals surface area (Å²) >= 11 is 3.81. The summed E-state index contributed by atoms with van der Waals surface area (Å²) in [5.74, 6) is 0.0842. The fourth-order valence-electron chi connectivity index (χ4n) is 1.65. The Bertz CT molecular complexity index is 383. The molecule has 1 atom stereocenters. The molecule has 2 rings (SSSR count). The van der Waals surface area contributed by atoms with Crippen LogP contribution in [0.25, 0.3) is 0 Å². The fourth-order valence-corrected chi connectivity index (χ4v) is 2.97. The molecule has 0 aliphatic carbocycles. The van der Waals surface area contributed by atoms with Crippen LogP contribution in [0.1, 0.15) is 10.4 Å². The molecule has 0 spiro atoms. The molecule has 1 amide bonds. The average Bonchev–Trinajstić information content (AvgIpc) is 2.75. The number of halogens is 1. The van der Waals surface area contributed by atoms with Crippen molar-refractivity contribution >= 4 is 39.8 Å². The number of nitrogens with two attached hydrogens (primary N) is 1. The lowest BCUT2D eigenvalue weighted by atomic mass is 10.2. The molecule has 1 aliphatic rings. The van der Waals surface area contributed by atoms with E-state index < -0.39 is 0 Å². The molecule has 88 valence electrons. The molecule has 1 aliphatic heterocycles. The van der Waals surface area contributed by atoms with Crippen molar-refractivity contribution in [2.24, 2.45) is 5.73 Å². The Morgan fingerprint density at radius 1 is 1.75 bits per heavy atom. The van der Waals surface area contributed by atoms with Crippen LogP contribution >= 0.6 is 33.9 Å². The topological polar surface area (TPSA) is 55.6 Å². The first-order valence-corrected chi connectivity index (χ1v) is 7.01. The Labute approximate surface area is 112 Å². The van der Waals surface area contributed by atoms with Crippen LogP contribution in [-0.2, 0) is 4.74 Å². The predicted molar refractivity (Wildman–Crippen MR) is 71.7 cm³/mol. The van der Waals surface area contributed by atoms with E-state index in [1.165, 1.54) is 0 Å². The van der Waals surface area contributed by atoms with Gasteiger partial charge in [0.1, 0.15) is 0 Å². The molecule has 2 heterocycles. The van der Waals surface area contributed by atoms with Crippen molar-refractivity contribution in [3.05, 3.63) is 19.9 Å². The molecular weight excluding hydrogens is 339 g/mol. The van der Waals surface area contributed by atoms with Gasteiger partial charge < -0.3 is 15.4 Å². The molecule has 0 saturated carbocycles. The summed E-state index contributed by atoms with van der Waals surface area (Å²) in [4.78, 5) is 13.9. The van der Waals surface area contributed by atoms with E-state index in [1.807, 2.05) is 16.3 Å². The maximum atomic E-state index is 12.1. The van der Waals surface area contributed by atoms with Gasteiger partial charge in [-0.3, -0.25) is 4.79 Å². The molecule has 4 nitrogen and oxygen atoms in total. The highest BCUT2D eigenvalue weighted by Gasteiger charge is 2.24. The van der Waals surface area contributed by atoms with Crippen LogP contribution in [0.15, 0.2) is 11.4 Å². The quantitative estimate of drug-likeness (QED) is 0.813. The highest BCUT2D eigenvalue weighted by Crippen LogP contribution is 2.19. The Kier molecular flexibility index (Phi) is 4.17. The van der Waals surface area contributed by atoms with Gasteiger partial charge in [-0.2, -0.15) is 0 Å². The Balaban J connectivity index is 2.04. The number of rotatable bonds is 2. The van der Waals surface area contributed by atoms with Gasteiger partial charge >= 0.3 is 0 Å². The van der Waals surface area contributed by atoms with E-state index in [0.717, 1.165) is 8.45 Å². The summed E-state index contributed by atoms with van der Waals surface area (Å²) in [6, 6.07) is 1.92. The second-order valence-electron chi connectivity index (χ2n) is 3.62. The molecule has 1 unspecified atom stereocenters. The van der Waals surface area contributed by atoms with Gasteiger partial charge in [-0.1, -0.05) is 0 Å². The van der Waals surface area contributed by atoms with Crippen LogP contribution in [0, 0.1) is 2.88 Å². The van der Waals surface area contributed by atoms with Crippen molar-refractivity contribution in [2.75, 3.05) is 26.2 Å². The molecule has 1 fully saturated rings. The second kappa shape index (κ2) is 5.44. The predicted octanol–water partition coefficient (Wildman–Crippen LogP) is 1.15. The molecule has 0 aromatic carbocycles. The Morgan fingerprint density at radius 3 is 3.19 bits per heavy atom. The van der Waals surface area contributed by atoms with E-state index in [0.29, 0.717) is 26.2 Å². The summed E-state index contributed by atoms with van der Waals surface area (Å²) in [5, 5.41) is 1.90. The van der Waals surface area contributed by atoms with Crippen LogP contribution < -0.4 is 5.73 Å². The second-order valence-corrected chi connectivity index (χ2v) is 6.42. The van der Waals surface area contributed by atoms with Crippen LogP contribution in [-0.4, -0.2) is 43.2 Å². The van der Waals surface area contributed by atoms with Gasteiger partial charge in [-0.15, -0.1) is 11.3 Å². The van der Waals surface area contributed by atoms with E-state index in [1.54, 1.807) is 11.3 Å². The van der Waals surface area contributed by atoms with Crippen molar-refractivity contribution in [2.45, 2.75) is 6.10 Å². The van der Waals surface area contributed by atoms with Crippen molar-refractivity contribution in [3.63, 3.8) is 0 Å².